The van der Waals surface area contributed by atoms with E-state index in [4.69, 9.17) is 4.55 Å². The molecule has 19 heavy (non-hydrogen) atoms. The molecule has 116 valence electrons. The second kappa shape index (κ2) is 13.3. The molecular weight excluding hydrogens is 280 g/mol. The minimum Gasteiger partial charge on any atom is -0.285 e. The molecule has 5 heteroatoms. The van der Waals surface area contributed by atoms with Gasteiger partial charge in [0.05, 0.1) is 6.61 Å². The molecule has 0 spiro atoms. The van der Waals surface area contributed by atoms with Crippen LogP contribution in [-0.4, -0.2) is 15.4 Å². The average Bonchev–Trinajstić information content (AvgIpc) is 2.34. The summed E-state index contributed by atoms with van der Waals surface area (Å²) in [6, 6.07) is 0. The first-order valence-electron chi connectivity index (χ1n) is 7.68. The van der Waals surface area contributed by atoms with Crippen molar-refractivity contribution in [2.24, 2.45) is 0 Å². The Balaban J connectivity index is 3.03. The predicted octanol–water partition coefficient (Wildman–Crippen LogP) is 4.84. The van der Waals surface area contributed by atoms with Crippen molar-refractivity contribution in [1.29, 1.82) is 0 Å². The fraction of sp³-hybridized carbons (Fsp3) is 1.00. The summed E-state index contributed by atoms with van der Waals surface area (Å²) in [4.78, 5) is 0. The van der Waals surface area contributed by atoms with Gasteiger partial charge in [0.2, 0.25) is 0 Å². The topological polar surface area (TPSA) is 46.5 Å². The lowest BCUT2D eigenvalue weighted by atomic mass is 10.1. The zero-order valence-corrected chi connectivity index (χ0v) is 13.9. The lowest BCUT2D eigenvalue weighted by molar-refractivity contribution is 0.294. The predicted molar refractivity (Wildman–Crippen MR) is 85.2 cm³/mol. The van der Waals surface area contributed by atoms with Crippen LogP contribution in [0.1, 0.15) is 84.0 Å². The van der Waals surface area contributed by atoms with Gasteiger partial charge in [0, 0.05) is 11.2 Å². The lowest BCUT2D eigenvalue weighted by Gasteiger charge is -2.03. The van der Waals surface area contributed by atoms with Crippen molar-refractivity contribution in [3.05, 3.63) is 0 Å². The fourth-order valence-corrected chi connectivity index (χ4v) is 2.64. The summed E-state index contributed by atoms with van der Waals surface area (Å²) in [7, 11) is -3.41. The summed E-state index contributed by atoms with van der Waals surface area (Å²) in [6.07, 6.45) is 15.2. The Hall–Kier alpha value is 0.290. The van der Waals surface area contributed by atoms with E-state index in [1.54, 1.807) is 0 Å². The molecule has 0 heterocycles. The second-order valence-corrected chi connectivity index (χ2v) is 7.49. The molecular formula is C14H30O3S2. The normalized spacial score (nSPS) is 14.4. The van der Waals surface area contributed by atoms with Gasteiger partial charge in [-0.15, -0.1) is 0 Å². The van der Waals surface area contributed by atoms with Crippen LogP contribution in [0.15, 0.2) is 0 Å². The molecule has 0 saturated heterocycles. The van der Waals surface area contributed by atoms with E-state index in [9.17, 15) is 4.21 Å². The molecule has 3 nitrogen and oxygen atoms in total. The van der Waals surface area contributed by atoms with Gasteiger partial charge >= 0.3 is 0 Å². The Kier molecular flexibility index (Phi) is 13.5. The van der Waals surface area contributed by atoms with Crippen LogP contribution in [0.25, 0.3) is 0 Å². The van der Waals surface area contributed by atoms with Crippen LogP contribution < -0.4 is 0 Å². The molecule has 0 aromatic heterocycles. The van der Waals surface area contributed by atoms with Gasteiger partial charge in [0.25, 0.3) is 9.05 Å². The number of hydrogen-bond acceptors (Lipinski definition) is 3. The zero-order chi connectivity index (χ0) is 14.4. The molecule has 0 fully saturated rings. The highest BCUT2D eigenvalue weighted by molar-refractivity contribution is 8.27. The molecule has 0 aromatic carbocycles. The molecule has 0 rings (SSSR count). The molecule has 0 amide bonds. The molecule has 0 aliphatic heterocycles. The number of unbranched alkanes of at least 4 members (excludes halogenated alkanes) is 11. The van der Waals surface area contributed by atoms with E-state index in [0.717, 1.165) is 12.8 Å². The third-order valence-corrected chi connectivity index (χ3v) is 3.98. The minimum absolute atomic E-state index is 0.302. The second-order valence-electron chi connectivity index (χ2n) is 5.14. The quantitative estimate of drug-likeness (QED) is 0.466. The van der Waals surface area contributed by atoms with Gasteiger partial charge in [-0.05, 0) is 6.42 Å². The van der Waals surface area contributed by atoms with Gasteiger partial charge in [-0.25, -0.2) is 0 Å². The van der Waals surface area contributed by atoms with E-state index in [1.807, 2.05) is 0 Å². The van der Waals surface area contributed by atoms with Crippen LogP contribution in [-0.2, 0) is 24.4 Å². The van der Waals surface area contributed by atoms with Crippen LogP contribution in [0, 0.1) is 0 Å². The maximum atomic E-state index is 10.6. The highest BCUT2D eigenvalue weighted by atomic mass is 32.9. The van der Waals surface area contributed by atoms with Crippen LogP contribution in [0.4, 0.5) is 0 Å². The van der Waals surface area contributed by atoms with E-state index in [0.29, 0.717) is 6.61 Å². The molecule has 1 atom stereocenters. The highest BCUT2D eigenvalue weighted by Crippen LogP contribution is 2.11. The third-order valence-electron chi connectivity index (χ3n) is 3.23. The Morgan fingerprint density at radius 2 is 1.21 bits per heavy atom. The van der Waals surface area contributed by atoms with E-state index in [-0.39, 0.29) is 0 Å². The van der Waals surface area contributed by atoms with Crippen molar-refractivity contribution >= 4 is 20.2 Å². The monoisotopic (exact) mass is 310 g/mol. The summed E-state index contributed by atoms with van der Waals surface area (Å²) in [6.45, 7) is 2.55. The molecule has 0 aliphatic carbocycles. The van der Waals surface area contributed by atoms with E-state index in [1.165, 1.54) is 64.2 Å². The zero-order valence-electron chi connectivity index (χ0n) is 12.3. The Labute approximate surface area is 124 Å². The van der Waals surface area contributed by atoms with E-state index >= 15 is 0 Å². The largest absolute Gasteiger partial charge is 0.285 e. The van der Waals surface area contributed by atoms with Gasteiger partial charge in [0.1, 0.15) is 0 Å². The summed E-state index contributed by atoms with van der Waals surface area (Å²) in [5.41, 5.74) is 0. The van der Waals surface area contributed by atoms with Crippen LogP contribution in [0.5, 0.6) is 0 Å². The van der Waals surface area contributed by atoms with Crippen LogP contribution >= 0.6 is 0 Å². The minimum atomic E-state index is -3.41. The Morgan fingerprint density at radius 1 is 0.842 bits per heavy atom. The molecule has 1 N–H and O–H groups in total. The Morgan fingerprint density at radius 3 is 1.58 bits per heavy atom. The van der Waals surface area contributed by atoms with Gasteiger partial charge in [-0.2, -0.15) is 4.21 Å². The average molecular weight is 311 g/mol. The summed E-state index contributed by atoms with van der Waals surface area (Å²) < 4.78 is 24.0. The van der Waals surface area contributed by atoms with Crippen molar-refractivity contribution in [2.75, 3.05) is 6.61 Å². The van der Waals surface area contributed by atoms with Crippen LogP contribution in [0.2, 0.25) is 0 Å². The van der Waals surface area contributed by atoms with Crippen LogP contribution in [0.3, 0.4) is 0 Å². The summed E-state index contributed by atoms with van der Waals surface area (Å²) in [5.74, 6) is 0. The maximum Gasteiger partial charge on any atom is 0.266 e. The van der Waals surface area contributed by atoms with Crippen molar-refractivity contribution in [1.82, 2.24) is 0 Å². The van der Waals surface area contributed by atoms with Gasteiger partial charge < -0.3 is 0 Å². The van der Waals surface area contributed by atoms with Gasteiger partial charge in [0.15, 0.2) is 0 Å². The number of rotatable bonds is 14. The highest BCUT2D eigenvalue weighted by Gasteiger charge is 1.98. The fourth-order valence-electron chi connectivity index (χ4n) is 2.11. The standard InChI is InChI=1S/C14H30O3S2/c1-2-3-4-5-6-7-8-9-10-11-12-13-14-17-19(15,16)18/h2-14H2,1H3,(H,15,16,18). The lowest BCUT2D eigenvalue weighted by Crippen LogP contribution is -2.03. The molecule has 0 radical (unpaired) electrons. The van der Waals surface area contributed by atoms with Crippen molar-refractivity contribution in [3.8, 4) is 0 Å². The van der Waals surface area contributed by atoms with Gasteiger partial charge in [-0.1, -0.05) is 77.6 Å². The van der Waals surface area contributed by atoms with E-state index < -0.39 is 9.05 Å². The van der Waals surface area contributed by atoms with Crippen molar-refractivity contribution in [2.45, 2.75) is 84.0 Å². The molecule has 0 aliphatic rings. The molecule has 0 aromatic rings. The maximum absolute atomic E-state index is 10.6. The third kappa shape index (κ3) is 18.3. The first-order chi connectivity index (χ1) is 9.06. The SMILES string of the molecule is CCCCCCCCCCCCCCOS(=O)(O)=S. The first-order valence-corrected chi connectivity index (χ1v) is 10.0. The molecule has 1 unspecified atom stereocenters. The smallest absolute Gasteiger partial charge is 0.266 e. The number of hydrogen-bond donors (Lipinski definition) is 1. The molecule has 0 saturated carbocycles. The Bertz CT molecular complexity index is 276. The van der Waals surface area contributed by atoms with Crippen molar-refractivity contribution < 1.29 is 12.9 Å². The van der Waals surface area contributed by atoms with E-state index in [2.05, 4.69) is 22.3 Å². The van der Waals surface area contributed by atoms with Crippen molar-refractivity contribution in [3.63, 3.8) is 0 Å². The first kappa shape index (κ1) is 19.3. The van der Waals surface area contributed by atoms with Gasteiger partial charge in [-0.3, -0.25) is 8.74 Å². The summed E-state index contributed by atoms with van der Waals surface area (Å²) >= 11 is 4.23. The molecule has 0 bridgehead atoms. The summed E-state index contributed by atoms with van der Waals surface area (Å²) in [5, 5.41) is 0.